The van der Waals surface area contributed by atoms with Crippen molar-refractivity contribution in [3.8, 4) is 11.5 Å². The first-order chi connectivity index (χ1) is 12.6. The van der Waals surface area contributed by atoms with Gasteiger partial charge in [-0.25, -0.2) is 4.79 Å². The molecule has 0 bridgehead atoms. The number of carbonyl (C=O) groups excluding carboxylic acids is 1. The Morgan fingerprint density at radius 3 is 2.08 bits per heavy atom. The first-order valence-electron chi connectivity index (χ1n) is 7.70. The Morgan fingerprint density at radius 2 is 1.50 bits per heavy atom. The number of non-ortho nitro benzene ring substituents is 1. The molecule has 0 radical (unpaired) electrons. The average molecular weight is 350 g/mol. The van der Waals surface area contributed by atoms with Gasteiger partial charge in [-0.05, 0) is 42.0 Å². The highest BCUT2D eigenvalue weighted by molar-refractivity contribution is 5.89. The van der Waals surface area contributed by atoms with Crippen LogP contribution in [0.2, 0.25) is 0 Å². The minimum absolute atomic E-state index is 0.00344. The zero-order valence-electron chi connectivity index (χ0n) is 13.6. The molecule has 0 aliphatic heterocycles. The Morgan fingerprint density at radius 1 is 0.923 bits per heavy atom. The van der Waals surface area contributed by atoms with E-state index in [2.05, 4.69) is 4.98 Å². The molecule has 0 aliphatic carbocycles. The highest BCUT2D eigenvalue weighted by Gasteiger charge is 2.07. The number of nitro groups is 1. The molecule has 2 aromatic carbocycles. The largest absolute Gasteiger partial charge is 0.457 e. The van der Waals surface area contributed by atoms with Gasteiger partial charge in [0.1, 0.15) is 18.1 Å². The van der Waals surface area contributed by atoms with Crippen molar-refractivity contribution in [1.82, 2.24) is 4.98 Å². The van der Waals surface area contributed by atoms with Gasteiger partial charge in [0, 0.05) is 24.5 Å². The molecule has 3 aromatic rings. The zero-order chi connectivity index (χ0) is 18.4. The Bertz CT molecular complexity index is 893. The molecule has 26 heavy (non-hydrogen) atoms. The zero-order valence-corrected chi connectivity index (χ0v) is 13.6. The molecule has 0 unspecified atom stereocenters. The van der Waals surface area contributed by atoms with E-state index in [0.717, 1.165) is 5.56 Å². The van der Waals surface area contributed by atoms with Crippen molar-refractivity contribution in [2.24, 2.45) is 0 Å². The summed E-state index contributed by atoms with van der Waals surface area (Å²) >= 11 is 0. The number of hydrogen-bond donors (Lipinski definition) is 0. The van der Waals surface area contributed by atoms with E-state index in [-0.39, 0.29) is 12.3 Å². The summed E-state index contributed by atoms with van der Waals surface area (Å²) in [5, 5.41) is 10.6. The summed E-state index contributed by atoms with van der Waals surface area (Å²) < 4.78 is 10.9. The summed E-state index contributed by atoms with van der Waals surface area (Å²) in [4.78, 5) is 25.9. The van der Waals surface area contributed by atoms with Crippen LogP contribution in [0.25, 0.3) is 0 Å². The Kier molecular flexibility index (Phi) is 5.19. The van der Waals surface area contributed by atoms with Gasteiger partial charge in [-0.15, -0.1) is 0 Å². The topological polar surface area (TPSA) is 91.6 Å². The van der Waals surface area contributed by atoms with Crippen LogP contribution in [-0.2, 0) is 11.3 Å². The maximum absolute atomic E-state index is 11.9. The van der Waals surface area contributed by atoms with E-state index >= 15 is 0 Å². The normalized spacial score (nSPS) is 10.2. The van der Waals surface area contributed by atoms with Gasteiger partial charge in [0.15, 0.2) is 0 Å². The number of pyridine rings is 1. The van der Waals surface area contributed by atoms with Gasteiger partial charge in [0.2, 0.25) is 0 Å². The SMILES string of the molecule is O=C(OCc1ccc(Oc2ccc([N+](=O)[O-])cc2)cc1)c1ccncc1. The number of carbonyl (C=O) groups is 1. The molecule has 1 aromatic heterocycles. The van der Waals surface area contributed by atoms with Crippen molar-refractivity contribution in [2.75, 3.05) is 0 Å². The second-order valence-corrected chi connectivity index (χ2v) is 5.31. The fraction of sp³-hybridized carbons (Fsp3) is 0.0526. The van der Waals surface area contributed by atoms with E-state index in [9.17, 15) is 14.9 Å². The maximum atomic E-state index is 11.9. The van der Waals surface area contributed by atoms with Crippen LogP contribution in [0.15, 0.2) is 73.1 Å². The number of esters is 1. The molecule has 1 heterocycles. The minimum Gasteiger partial charge on any atom is -0.457 e. The number of ether oxygens (including phenoxy) is 2. The van der Waals surface area contributed by atoms with Crippen molar-refractivity contribution in [3.63, 3.8) is 0 Å². The lowest BCUT2D eigenvalue weighted by atomic mass is 10.2. The molecule has 0 fully saturated rings. The molecule has 0 atom stereocenters. The Labute approximate surface area is 149 Å². The van der Waals surface area contributed by atoms with E-state index in [0.29, 0.717) is 17.1 Å². The Hall–Kier alpha value is -3.74. The number of aromatic nitrogens is 1. The molecular formula is C19H14N2O5. The van der Waals surface area contributed by atoms with Crippen LogP contribution in [-0.4, -0.2) is 15.9 Å². The third-order valence-corrected chi connectivity index (χ3v) is 3.49. The summed E-state index contributed by atoms with van der Waals surface area (Å²) in [7, 11) is 0. The van der Waals surface area contributed by atoms with Crippen LogP contribution in [0, 0.1) is 10.1 Å². The van der Waals surface area contributed by atoms with Crippen LogP contribution in [0.5, 0.6) is 11.5 Å². The molecule has 0 N–H and O–H groups in total. The number of rotatable bonds is 6. The molecule has 0 saturated carbocycles. The van der Waals surface area contributed by atoms with Crippen LogP contribution in [0.4, 0.5) is 5.69 Å². The fourth-order valence-electron chi connectivity index (χ4n) is 2.15. The van der Waals surface area contributed by atoms with E-state index in [1.54, 1.807) is 36.4 Å². The van der Waals surface area contributed by atoms with Gasteiger partial charge in [-0.2, -0.15) is 0 Å². The lowest BCUT2D eigenvalue weighted by molar-refractivity contribution is -0.384. The van der Waals surface area contributed by atoms with Gasteiger partial charge in [0.25, 0.3) is 5.69 Å². The summed E-state index contributed by atoms with van der Waals surface area (Å²) in [5.74, 6) is 0.647. The summed E-state index contributed by atoms with van der Waals surface area (Å²) in [6.45, 7) is 0.138. The first kappa shape index (κ1) is 17.1. The monoisotopic (exact) mass is 350 g/mol. The quantitative estimate of drug-likeness (QED) is 0.377. The van der Waals surface area contributed by atoms with Gasteiger partial charge in [0.05, 0.1) is 10.5 Å². The predicted molar refractivity (Wildman–Crippen MR) is 93.0 cm³/mol. The molecule has 0 spiro atoms. The van der Waals surface area contributed by atoms with Crippen LogP contribution in [0.1, 0.15) is 15.9 Å². The highest BCUT2D eigenvalue weighted by Crippen LogP contribution is 2.24. The molecule has 7 heteroatoms. The van der Waals surface area contributed by atoms with Crippen molar-refractivity contribution >= 4 is 11.7 Å². The van der Waals surface area contributed by atoms with E-state index in [4.69, 9.17) is 9.47 Å². The van der Waals surface area contributed by atoms with Crippen molar-refractivity contribution in [3.05, 3.63) is 94.3 Å². The van der Waals surface area contributed by atoms with Crippen LogP contribution in [0.3, 0.4) is 0 Å². The van der Waals surface area contributed by atoms with Gasteiger partial charge < -0.3 is 9.47 Å². The summed E-state index contributed by atoms with van der Waals surface area (Å²) in [6.07, 6.45) is 3.06. The van der Waals surface area contributed by atoms with Gasteiger partial charge >= 0.3 is 5.97 Å². The van der Waals surface area contributed by atoms with Crippen molar-refractivity contribution < 1.29 is 19.2 Å². The number of nitrogens with zero attached hydrogens (tertiary/aromatic N) is 2. The van der Waals surface area contributed by atoms with E-state index < -0.39 is 10.9 Å². The maximum Gasteiger partial charge on any atom is 0.338 e. The minimum atomic E-state index is -0.466. The van der Waals surface area contributed by atoms with E-state index in [1.165, 1.54) is 36.7 Å². The molecule has 0 aliphatic rings. The molecule has 0 amide bonds. The fourth-order valence-corrected chi connectivity index (χ4v) is 2.15. The lowest BCUT2D eigenvalue weighted by Gasteiger charge is -2.08. The molecule has 0 saturated heterocycles. The summed E-state index contributed by atoms with van der Waals surface area (Å²) in [6, 6.07) is 16.0. The van der Waals surface area contributed by atoms with Crippen molar-refractivity contribution in [1.29, 1.82) is 0 Å². The third kappa shape index (κ3) is 4.41. The Balaban J connectivity index is 1.56. The van der Waals surface area contributed by atoms with Gasteiger partial charge in [-0.1, -0.05) is 12.1 Å². The second-order valence-electron chi connectivity index (χ2n) is 5.31. The predicted octanol–water partition coefficient (Wildman–Crippen LogP) is 4.14. The molecule has 3 rings (SSSR count). The molecule has 7 nitrogen and oxygen atoms in total. The smallest absolute Gasteiger partial charge is 0.338 e. The standard InChI is InChI=1S/C19H14N2O5/c22-19(15-9-11-20-12-10-15)25-13-14-1-5-17(6-2-14)26-18-7-3-16(4-8-18)21(23)24/h1-12H,13H2. The van der Waals surface area contributed by atoms with Gasteiger partial charge in [-0.3, -0.25) is 15.1 Å². The van der Waals surface area contributed by atoms with Crippen LogP contribution < -0.4 is 4.74 Å². The molecule has 130 valence electrons. The average Bonchev–Trinajstić information content (AvgIpc) is 2.68. The van der Waals surface area contributed by atoms with Crippen molar-refractivity contribution in [2.45, 2.75) is 6.61 Å². The number of benzene rings is 2. The number of hydrogen-bond acceptors (Lipinski definition) is 6. The van der Waals surface area contributed by atoms with E-state index in [1.807, 2.05) is 0 Å². The lowest BCUT2D eigenvalue weighted by Crippen LogP contribution is -2.05. The molecular weight excluding hydrogens is 336 g/mol. The third-order valence-electron chi connectivity index (χ3n) is 3.49. The second kappa shape index (κ2) is 7.89. The van der Waals surface area contributed by atoms with Crippen LogP contribution >= 0.6 is 0 Å². The summed E-state index contributed by atoms with van der Waals surface area (Å²) in [5.41, 5.74) is 1.25. The number of nitro benzene ring substituents is 1. The first-order valence-corrected chi connectivity index (χ1v) is 7.70. The highest BCUT2D eigenvalue weighted by atomic mass is 16.6.